The van der Waals surface area contributed by atoms with Gasteiger partial charge in [-0.1, -0.05) is 6.92 Å². The Morgan fingerprint density at radius 2 is 2.09 bits per heavy atom. The second-order valence-corrected chi connectivity index (χ2v) is 4.25. The smallest absolute Gasteiger partial charge is 0.106 e. The molecule has 0 atom stereocenters. The van der Waals surface area contributed by atoms with Crippen LogP contribution >= 0.6 is 11.6 Å². The summed E-state index contributed by atoms with van der Waals surface area (Å²) in [6.45, 7) is 8.48. The van der Waals surface area contributed by atoms with E-state index in [4.69, 9.17) is 16.3 Å². The number of allylic oxidation sites excluding steroid dienone is 2. The lowest BCUT2D eigenvalue weighted by Gasteiger charge is -2.16. The number of ether oxygens (including phenoxy) is 1. The third-order valence-electron chi connectivity index (χ3n) is 1.13. The molecule has 0 spiro atoms. The molecule has 11 heavy (non-hydrogen) atoms. The highest BCUT2D eigenvalue weighted by atomic mass is 35.5. The standard InChI is InChI=1S/C9H17ClO/c1-5-6-8(2)11-7-9(3,4)10/h6H,5,7H2,1-4H3/b8-6+. The molecule has 0 aromatic carbocycles. The van der Waals surface area contributed by atoms with Gasteiger partial charge in [0.05, 0.1) is 10.6 Å². The molecule has 0 amide bonds. The van der Waals surface area contributed by atoms with Gasteiger partial charge < -0.3 is 4.74 Å². The third kappa shape index (κ3) is 7.73. The first-order chi connectivity index (χ1) is 4.95. The van der Waals surface area contributed by atoms with Gasteiger partial charge in [0.2, 0.25) is 0 Å². The van der Waals surface area contributed by atoms with Crippen LogP contribution < -0.4 is 0 Å². The largest absolute Gasteiger partial charge is 0.497 e. The Hall–Kier alpha value is -0.170. The van der Waals surface area contributed by atoms with Crippen molar-refractivity contribution in [1.29, 1.82) is 0 Å². The Bertz CT molecular complexity index is 133. The van der Waals surface area contributed by atoms with Gasteiger partial charge in [0.1, 0.15) is 6.61 Å². The molecule has 0 bridgehead atoms. The summed E-state index contributed by atoms with van der Waals surface area (Å²) in [7, 11) is 0. The lowest BCUT2D eigenvalue weighted by atomic mass is 10.2. The SMILES string of the molecule is CC/C=C(\C)OCC(C)(C)Cl. The monoisotopic (exact) mass is 176 g/mol. The maximum atomic E-state index is 5.93. The van der Waals surface area contributed by atoms with Gasteiger partial charge in [-0.3, -0.25) is 0 Å². The van der Waals surface area contributed by atoms with Crippen molar-refractivity contribution in [3.63, 3.8) is 0 Å². The van der Waals surface area contributed by atoms with Gasteiger partial charge in [-0.2, -0.15) is 0 Å². The number of rotatable bonds is 4. The van der Waals surface area contributed by atoms with E-state index in [1.165, 1.54) is 0 Å². The zero-order valence-electron chi connectivity index (χ0n) is 7.78. The number of halogens is 1. The van der Waals surface area contributed by atoms with Crippen LogP contribution in [0.4, 0.5) is 0 Å². The van der Waals surface area contributed by atoms with Crippen molar-refractivity contribution in [2.75, 3.05) is 6.61 Å². The average Bonchev–Trinajstić information content (AvgIpc) is 1.83. The molecule has 0 aromatic rings. The lowest BCUT2D eigenvalue weighted by molar-refractivity contribution is 0.190. The highest BCUT2D eigenvalue weighted by Gasteiger charge is 2.13. The van der Waals surface area contributed by atoms with Gasteiger partial charge in [0, 0.05) is 0 Å². The van der Waals surface area contributed by atoms with E-state index in [0.29, 0.717) is 6.61 Å². The molecule has 0 saturated carbocycles. The van der Waals surface area contributed by atoms with Crippen LogP contribution in [0.1, 0.15) is 34.1 Å². The van der Waals surface area contributed by atoms with E-state index in [9.17, 15) is 0 Å². The highest BCUT2D eigenvalue weighted by Crippen LogP contribution is 2.14. The summed E-state index contributed by atoms with van der Waals surface area (Å²) < 4.78 is 5.38. The lowest BCUT2D eigenvalue weighted by Crippen LogP contribution is -2.18. The first-order valence-corrected chi connectivity index (χ1v) is 4.32. The summed E-state index contributed by atoms with van der Waals surface area (Å²) >= 11 is 5.93. The van der Waals surface area contributed by atoms with Crippen molar-refractivity contribution < 1.29 is 4.74 Å². The van der Waals surface area contributed by atoms with E-state index < -0.39 is 0 Å². The zero-order valence-corrected chi connectivity index (χ0v) is 8.53. The van der Waals surface area contributed by atoms with Crippen LogP contribution in [0.25, 0.3) is 0 Å². The Kier molecular flexibility index (Phi) is 4.58. The Balaban J connectivity index is 3.62. The minimum atomic E-state index is -0.261. The van der Waals surface area contributed by atoms with Crippen molar-refractivity contribution in [3.8, 4) is 0 Å². The van der Waals surface area contributed by atoms with Gasteiger partial charge in [-0.05, 0) is 33.3 Å². The predicted octanol–water partition coefficient (Wildman–Crippen LogP) is 3.33. The summed E-state index contributed by atoms with van der Waals surface area (Å²) in [6.07, 6.45) is 3.05. The second-order valence-electron chi connectivity index (χ2n) is 3.23. The van der Waals surface area contributed by atoms with Crippen LogP contribution in [0.5, 0.6) is 0 Å². The van der Waals surface area contributed by atoms with Crippen LogP contribution in [-0.4, -0.2) is 11.5 Å². The van der Waals surface area contributed by atoms with E-state index in [-0.39, 0.29) is 4.87 Å². The molecule has 0 aliphatic carbocycles. The van der Waals surface area contributed by atoms with Gasteiger partial charge in [-0.25, -0.2) is 0 Å². The van der Waals surface area contributed by atoms with Gasteiger partial charge in [0.25, 0.3) is 0 Å². The summed E-state index contributed by atoms with van der Waals surface area (Å²) in [6, 6.07) is 0. The van der Waals surface area contributed by atoms with Crippen LogP contribution in [0.2, 0.25) is 0 Å². The fraction of sp³-hybridized carbons (Fsp3) is 0.778. The molecule has 0 aliphatic heterocycles. The van der Waals surface area contributed by atoms with E-state index in [1.807, 2.05) is 26.8 Å². The van der Waals surface area contributed by atoms with Crippen molar-refractivity contribution in [3.05, 3.63) is 11.8 Å². The molecule has 0 rings (SSSR count). The fourth-order valence-electron chi connectivity index (χ4n) is 0.632. The first kappa shape index (κ1) is 10.8. The van der Waals surface area contributed by atoms with Gasteiger partial charge >= 0.3 is 0 Å². The molecular weight excluding hydrogens is 160 g/mol. The van der Waals surface area contributed by atoms with Gasteiger partial charge in [-0.15, -0.1) is 11.6 Å². The highest BCUT2D eigenvalue weighted by molar-refractivity contribution is 6.23. The molecule has 0 aromatic heterocycles. The molecule has 66 valence electrons. The molecule has 2 heteroatoms. The minimum absolute atomic E-state index is 0.261. The topological polar surface area (TPSA) is 9.23 Å². The maximum Gasteiger partial charge on any atom is 0.106 e. The molecular formula is C9H17ClO. The van der Waals surface area contributed by atoms with E-state index in [0.717, 1.165) is 12.2 Å². The zero-order chi connectivity index (χ0) is 8.91. The average molecular weight is 177 g/mol. The Morgan fingerprint density at radius 3 is 2.45 bits per heavy atom. The number of hydrogen-bond acceptors (Lipinski definition) is 1. The van der Waals surface area contributed by atoms with Crippen LogP contribution in [0, 0.1) is 0 Å². The molecule has 0 N–H and O–H groups in total. The van der Waals surface area contributed by atoms with Crippen molar-refractivity contribution in [2.45, 2.75) is 39.0 Å². The molecule has 0 fully saturated rings. The first-order valence-electron chi connectivity index (χ1n) is 3.94. The van der Waals surface area contributed by atoms with Crippen molar-refractivity contribution >= 4 is 11.6 Å². The minimum Gasteiger partial charge on any atom is -0.497 e. The third-order valence-corrected chi connectivity index (χ3v) is 1.24. The number of alkyl halides is 1. The van der Waals surface area contributed by atoms with E-state index >= 15 is 0 Å². The van der Waals surface area contributed by atoms with Crippen molar-refractivity contribution in [1.82, 2.24) is 0 Å². The van der Waals surface area contributed by atoms with Crippen LogP contribution in [-0.2, 0) is 4.74 Å². The molecule has 0 heterocycles. The molecule has 0 saturated heterocycles. The van der Waals surface area contributed by atoms with E-state index in [1.54, 1.807) is 0 Å². The summed E-state index contributed by atoms with van der Waals surface area (Å²) in [4.78, 5) is -0.261. The van der Waals surface area contributed by atoms with Crippen molar-refractivity contribution in [2.24, 2.45) is 0 Å². The Morgan fingerprint density at radius 1 is 1.55 bits per heavy atom. The number of hydrogen-bond donors (Lipinski definition) is 0. The second kappa shape index (κ2) is 4.66. The van der Waals surface area contributed by atoms with Crippen LogP contribution in [0.15, 0.2) is 11.8 Å². The van der Waals surface area contributed by atoms with Crippen LogP contribution in [0.3, 0.4) is 0 Å². The van der Waals surface area contributed by atoms with E-state index in [2.05, 4.69) is 6.92 Å². The maximum absolute atomic E-state index is 5.93. The normalized spacial score (nSPS) is 13.4. The molecule has 1 nitrogen and oxygen atoms in total. The quantitative estimate of drug-likeness (QED) is 0.472. The fourth-order valence-corrected chi connectivity index (χ4v) is 0.686. The predicted molar refractivity (Wildman–Crippen MR) is 49.9 cm³/mol. The summed E-state index contributed by atoms with van der Waals surface area (Å²) in [5, 5.41) is 0. The molecule has 0 aliphatic rings. The molecule has 0 unspecified atom stereocenters. The molecule has 0 radical (unpaired) electrons. The summed E-state index contributed by atoms with van der Waals surface area (Å²) in [5.41, 5.74) is 0. The Labute approximate surface area is 74.4 Å². The summed E-state index contributed by atoms with van der Waals surface area (Å²) in [5.74, 6) is 0.959. The van der Waals surface area contributed by atoms with Gasteiger partial charge in [0.15, 0.2) is 0 Å².